The van der Waals surface area contributed by atoms with E-state index in [0.29, 0.717) is 23.1 Å². The van der Waals surface area contributed by atoms with Crippen molar-refractivity contribution in [2.75, 3.05) is 19.3 Å². The number of likely N-dealkylation sites (tertiary alicyclic amines) is 1. The van der Waals surface area contributed by atoms with Gasteiger partial charge in [-0.3, -0.25) is 4.79 Å². The van der Waals surface area contributed by atoms with Crippen LogP contribution in [0.2, 0.25) is 0 Å². The molecule has 34 heavy (non-hydrogen) atoms. The van der Waals surface area contributed by atoms with E-state index in [-0.39, 0.29) is 6.10 Å². The van der Waals surface area contributed by atoms with Crippen LogP contribution in [-0.4, -0.2) is 54.2 Å². The van der Waals surface area contributed by atoms with Gasteiger partial charge in [-0.05, 0) is 55.2 Å². The average Bonchev–Trinajstić information content (AvgIpc) is 3.49. The Labute approximate surface area is 200 Å². The van der Waals surface area contributed by atoms with E-state index in [9.17, 15) is 13.2 Å². The van der Waals surface area contributed by atoms with Crippen LogP contribution in [0.25, 0.3) is 16.7 Å². The van der Waals surface area contributed by atoms with Crippen molar-refractivity contribution in [1.82, 2.24) is 14.5 Å². The Hall–Kier alpha value is -2.87. The van der Waals surface area contributed by atoms with E-state index in [4.69, 9.17) is 4.74 Å². The minimum Gasteiger partial charge on any atom is -0.489 e. The first-order valence-corrected chi connectivity index (χ1v) is 14.0. The number of sulfone groups is 1. The van der Waals surface area contributed by atoms with E-state index in [1.54, 1.807) is 24.4 Å². The summed E-state index contributed by atoms with van der Waals surface area (Å²) in [5.74, 6) is 2.35. The molecule has 5 rings (SSSR count). The average molecular weight is 482 g/mol. The van der Waals surface area contributed by atoms with Gasteiger partial charge < -0.3 is 14.2 Å². The third kappa shape index (κ3) is 4.97. The first-order chi connectivity index (χ1) is 16.4. The molecule has 0 unspecified atom stereocenters. The number of piperidine rings is 1. The summed E-state index contributed by atoms with van der Waals surface area (Å²) < 4.78 is 31.7. The summed E-state index contributed by atoms with van der Waals surface area (Å²) in [4.78, 5) is 19.4. The van der Waals surface area contributed by atoms with E-state index in [1.807, 2.05) is 33.9 Å². The smallest absolute Gasteiger partial charge is 0.222 e. The number of nitrogens with zero attached hydrogens (tertiary/aromatic N) is 3. The summed E-state index contributed by atoms with van der Waals surface area (Å²) in [6.45, 7) is 1.51. The molecule has 2 aliphatic rings. The summed E-state index contributed by atoms with van der Waals surface area (Å²) in [6.07, 6.45) is 12.2. The molecular formula is C26H31N3O4S. The molecule has 3 heterocycles. The van der Waals surface area contributed by atoms with Crippen LogP contribution in [0.15, 0.2) is 53.7 Å². The van der Waals surface area contributed by atoms with Crippen molar-refractivity contribution in [3.8, 4) is 11.6 Å². The van der Waals surface area contributed by atoms with Crippen molar-refractivity contribution in [1.29, 1.82) is 0 Å². The summed E-state index contributed by atoms with van der Waals surface area (Å²) in [5, 5.41) is 0.847. The summed E-state index contributed by atoms with van der Waals surface area (Å²) in [6, 6.07) is 10.8. The van der Waals surface area contributed by atoms with E-state index in [1.165, 1.54) is 31.9 Å². The molecule has 1 amide bonds. The quantitative estimate of drug-likeness (QED) is 0.522. The highest BCUT2D eigenvalue weighted by Crippen LogP contribution is 2.29. The van der Waals surface area contributed by atoms with Crippen LogP contribution in [0.4, 0.5) is 0 Å². The highest BCUT2D eigenvalue weighted by atomic mass is 32.2. The van der Waals surface area contributed by atoms with Gasteiger partial charge in [0.05, 0.1) is 16.6 Å². The van der Waals surface area contributed by atoms with Crippen LogP contribution < -0.4 is 4.74 Å². The van der Waals surface area contributed by atoms with Gasteiger partial charge in [-0.25, -0.2) is 13.4 Å². The summed E-state index contributed by atoms with van der Waals surface area (Å²) in [7, 11) is -3.25. The van der Waals surface area contributed by atoms with Gasteiger partial charge >= 0.3 is 0 Å². The molecule has 0 spiro atoms. The lowest BCUT2D eigenvalue weighted by molar-refractivity contribution is -0.134. The van der Waals surface area contributed by atoms with Crippen molar-refractivity contribution in [2.45, 2.75) is 55.9 Å². The molecule has 1 aromatic carbocycles. The fourth-order valence-corrected chi connectivity index (χ4v) is 5.80. The van der Waals surface area contributed by atoms with E-state index >= 15 is 0 Å². The molecule has 1 aliphatic heterocycles. The molecule has 8 heteroatoms. The van der Waals surface area contributed by atoms with Gasteiger partial charge in [0.15, 0.2) is 9.84 Å². The van der Waals surface area contributed by atoms with Crippen molar-refractivity contribution < 1.29 is 17.9 Å². The van der Waals surface area contributed by atoms with Crippen LogP contribution in [0, 0.1) is 5.92 Å². The summed E-state index contributed by atoms with van der Waals surface area (Å²) in [5.41, 5.74) is 0.892. The Morgan fingerprint density at radius 2 is 1.82 bits per heavy atom. The maximum absolute atomic E-state index is 12.6. The first-order valence-electron chi connectivity index (χ1n) is 12.1. The highest BCUT2D eigenvalue weighted by molar-refractivity contribution is 7.90. The third-order valence-corrected chi connectivity index (χ3v) is 8.20. The molecule has 0 atom stereocenters. The van der Waals surface area contributed by atoms with Crippen LogP contribution >= 0.6 is 0 Å². The van der Waals surface area contributed by atoms with Gasteiger partial charge in [0, 0.05) is 50.2 Å². The number of amides is 1. The fourth-order valence-electron chi connectivity index (χ4n) is 5.14. The SMILES string of the molecule is CS(=O)(=O)c1ccc2c(ccn2-c2ccc(OC3CCN(C(=O)CC4CCCC4)CC3)cn2)c1. The van der Waals surface area contributed by atoms with Crippen molar-refractivity contribution in [3.05, 3.63) is 48.8 Å². The maximum Gasteiger partial charge on any atom is 0.222 e. The molecule has 1 saturated carbocycles. The molecule has 2 aromatic heterocycles. The minimum atomic E-state index is -3.25. The number of fused-ring (bicyclic) bond motifs is 1. The van der Waals surface area contributed by atoms with Gasteiger partial charge in [-0.15, -0.1) is 0 Å². The lowest BCUT2D eigenvalue weighted by atomic mass is 10.0. The molecule has 2 fully saturated rings. The third-order valence-electron chi connectivity index (χ3n) is 7.09. The Balaban J connectivity index is 1.19. The second-order valence-corrected chi connectivity index (χ2v) is 11.6. The Bertz CT molecular complexity index is 1270. The topological polar surface area (TPSA) is 81.5 Å². The molecule has 1 aliphatic carbocycles. The van der Waals surface area contributed by atoms with Gasteiger partial charge in [-0.2, -0.15) is 0 Å². The van der Waals surface area contributed by atoms with Crippen LogP contribution in [-0.2, 0) is 14.6 Å². The second kappa shape index (κ2) is 9.41. The Kier molecular flexibility index (Phi) is 6.34. The monoisotopic (exact) mass is 481 g/mol. The molecular weight excluding hydrogens is 450 g/mol. The molecule has 1 saturated heterocycles. The molecule has 0 radical (unpaired) electrons. The standard InChI is InChI=1S/C26H31N3O4S/c1-34(31,32)23-7-8-24-20(17-23)10-15-29(24)25-9-6-22(18-27-25)33-21-11-13-28(14-12-21)26(30)16-19-4-2-3-5-19/h6-10,15,17-19,21H,2-5,11-14,16H2,1H3. The lowest BCUT2D eigenvalue weighted by Gasteiger charge is -2.32. The molecule has 0 N–H and O–H groups in total. The number of rotatable bonds is 6. The van der Waals surface area contributed by atoms with Crippen molar-refractivity contribution in [3.63, 3.8) is 0 Å². The molecule has 0 bridgehead atoms. The summed E-state index contributed by atoms with van der Waals surface area (Å²) >= 11 is 0. The number of ether oxygens (including phenoxy) is 1. The zero-order valence-corrected chi connectivity index (χ0v) is 20.3. The van der Waals surface area contributed by atoms with E-state index < -0.39 is 9.84 Å². The van der Waals surface area contributed by atoms with Crippen molar-refractivity contribution >= 4 is 26.6 Å². The van der Waals surface area contributed by atoms with Gasteiger partial charge in [-0.1, -0.05) is 12.8 Å². The van der Waals surface area contributed by atoms with Crippen molar-refractivity contribution in [2.24, 2.45) is 5.92 Å². The largest absolute Gasteiger partial charge is 0.489 e. The number of hydrogen-bond acceptors (Lipinski definition) is 5. The Morgan fingerprint density at radius 1 is 1.06 bits per heavy atom. The minimum absolute atomic E-state index is 0.0880. The molecule has 7 nitrogen and oxygen atoms in total. The fraction of sp³-hybridized carbons (Fsp3) is 0.462. The normalized spacial score (nSPS) is 18.0. The second-order valence-electron chi connectivity index (χ2n) is 9.58. The number of hydrogen-bond donors (Lipinski definition) is 0. The molecule has 3 aromatic rings. The first kappa shape index (κ1) is 22.9. The number of benzene rings is 1. The van der Waals surface area contributed by atoms with Gasteiger partial charge in [0.2, 0.25) is 5.91 Å². The zero-order chi connectivity index (χ0) is 23.7. The van der Waals surface area contributed by atoms with Crippen LogP contribution in [0.1, 0.15) is 44.9 Å². The maximum atomic E-state index is 12.6. The number of pyridine rings is 1. The predicted octanol–water partition coefficient (Wildman–Crippen LogP) is 4.38. The Morgan fingerprint density at radius 3 is 2.50 bits per heavy atom. The predicted molar refractivity (Wildman–Crippen MR) is 131 cm³/mol. The van der Waals surface area contributed by atoms with Crippen LogP contribution in [0.3, 0.4) is 0 Å². The van der Waals surface area contributed by atoms with Gasteiger partial charge in [0.25, 0.3) is 0 Å². The number of aromatic nitrogens is 2. The highest BCUT2D eigenvalue weighted by Gasteiger charge is 2.26. The van der Waals surface area contributed by atoms with E-state index in [0.717, 1.165) is 48.4 Å². The number of carbonyl (C=O) groups is 1. The van der Waals surface area contributed by atoms with Gasteiger partial charge in [0.1, 0.15) is 17.7 Å². The van der Waals surface area contributed by atoms with E-state index in [2.05, 4.69) is 4.98 Å². The zero-order valence-electron chi connectivity index (χ0n) is 19.5. The molecule has 180 valence electrons. The van der Waals surface area contributed by atoms with Crippen LogP contribution in [0.5, 0.6) is 5.75 Å². The lowest BCUT2D eigenvalue weighted by Crippen LogP contribution is -2.42. The number of carbonyl (C=O) groups excluding carboxylic acids is 1.